The molecule has 11 heavy (non-hydrogen) atoms. The van der Waals surface area contributed by atoms with Gasteiger partial charge in [-0.05, 0) is 19.8 Å². The lowest BCUT2D eigenvalue weighted by Crippen LogP contribution is -2.19. The van der Waals surface area contributed by atoms with Gasteiger partial charge in [-0.1, -0.05) is 12.8 Å². The molecule has 0 amide bonds. The highest BCUT2D eigenvalue weighted by Crippen LogP contribution is 2.24. The summed E-state index contributed by atoms with van der Waals surface area (Å²) in [5.41, 5.74) is 0. The third kappa shape index (κ3) is 2.03. The van der Waals surface area contributed by atoms with Gasteiger partial charge in [-0.2, -0.15) is 5.26 Å². The molecule has 0 aromatic heterocycles. The van der Waals surface area contributed by atoms with E-state index in [0.717, 1.165) is 12.8 Å². The van der Waals surface area contributed by atoms with Crippen LogP contribution in [0.5, 0.6) is 0 Å². The summed E-state index contributed by atoms with van der Waals surface area (Å²) in [5, 5.41) is 8.55. The molecule has 1 fully saturated rings. The third-order valence-electron chi connectivity index (χ3n) is 2.16. The molecule has 0 radical (unpaired) electrons. The number of hydrogen-bond acceptors (Lipinski definition) is 2. The van der Waals surface area contributed by atoms with Gasteiger partial charge >= 0.3 is 0 Å². The standard InChI is InChI=1S/C8H13NOS/c1-7(6-9)11(10)8-4-2-3-5-8/h7-8H,2-5H2,1H3. The molecule has 0 aliphatic heterocycles. The first-order valence-electron chi connectivity index (χ1n) is 4.04. The van der Waals surface area contributed by atoms with Crippen molar-refractivity contribution in [1.82, 2.24) is 0 Å². The summed E-state index contributed by atoms with van der Waals surface area (Å²) in [6.07, 6.45) is 4.49. The summed E-state index contributed by atoms with van der Waals surface area (Å²) in [6, 6.07) is 2.04. The first kappa shape index (κ1) is 8.73. The van der Waals surface area contributed by atoms with Gasteiger partial charge in [0.1, 0.15) is 5.25 Å². The molecule has 1 aliphatic rings. The van der Waals surface area contributed by atoms with Gasteiger partial charge in [0.05, 0.1) is 6.07 Å². The fraction of sp³-hybridized carbons (Fsp3) is 0.875. The maximum atomic E-state index is 11.5. The van der Waals surface area contributed by atoms with Crippen molar-refractivity contribution in [2.45, 2.75) is 43.1 Å². The van der Waals surface area contributed by atoms with Crippen molar-refractivity contribution in [3.8, 4) is 6.07 Å². The fourth-order valence-electron chi connectivity index (χ4n) is 1.46. The van der Waals surface area contributed by atoms with Crippen molar-refractivity contribution in [1.29, 1.82) is 5.26 Å². The molecule has 1 saturated carbocycles. The minimum Gasteiger partial charge on any atom is -0.258 e. The van der Waals surface area contributed by atoms with Crippen LogP contribution in [0.2, 0.25) is 0 Å². The van der Waals surface area contributed by atoms with E-state index in [9.17, 15) is 4.21 Å². The van der Waals surface area contributed by atoms with Crippen LogP contribution in [-0.2, 0) is 10.8 Å². The van der Waals surface area contributed by atoms with E-state index in [0.29, 0.717) is 5.25 Å². The van der Waals surface area contributed by atoms with Gasteiger partial charge in [0, 0.05) is 16.0 Å². The van der Waals surface area contributed by atoms with E-state index in [2.05, 4.69) is 0 Å². The molecule has 3 heteroatoms. The van der Waals surface area contributed by atoms with E-state index >= 15 is 0 Å². The van der Waals surface area contributed by atoms with E-state index in [1.165, 1.54) is 12.8 Å². The second kappa shape index (κ2) is 3.87. The van der Waals surface area contributed by atoms with Gasteiger partial charge in [-0.3, -0.25) is 4.21 Å². The fourth-order valence-corrected chi connectivity index (χ4v) is 2.94. The van der Waals surface area contributed by atoms with Gasteiger partial charge in [0.15, 0.2) is 0 Å². The van der Waals surface area contributed by atoms with Crippen molar-refractivity contribution in [3.05, 3.63) is 0 Å². The first-order chi connectivity index (χ1) is 5.25. The van der Waals surface area contributed by atoms with Crippen LogP contribution in [0.15, 0.2) is 0 Å². The van der Waals surface area contributed by atoms with Gasteiger partial charge in [-0.15, -0.1) is 0 Å². The maximum absolute atomic E-state index is 11.5. The third-order valence-corrected chi connectivity index (χ3v) is 4.09. The Morgan fingerprint density at radius 2 is 2.09 bits per heavy atom. The summed E-state index contributed by atoms with van der Waals surface area (Å²) in [6.45, 7) is 1.74. The molecule has 0 aromatic rings. The Hall–Kier alpha value is -0.360. The Balaban J connectivity index is 2.47. The second-order valence-electron chi connectivity index (χ2n) is 3.01. The molecule has 0 N–H and O–H groups in total. The van der Waals surface area contributed by atoms with E-state index in [1.54, 1.807) is 6.92 Å². The van der Waals surface area contributed by atoms with Crippen LogP contribution in [0.25, 0.3) is 0 Å². The van der Waals surface area contributed by atoms with Crippen LogP contribution in [0, 0.1) is 11.3 Å². The average Bonchev–Trinajstić information content (AvgIpc) is 2.53. The van der Waals surface area contributed by atoms with Crippen LogP contribution in [0.4, 0.5) is 0 Å². The van der Waals surface area contributed by atoms with Crippen LogP contribution in [0.1, 0.15) is 32.6 Å². The summed E-state index contributed by atoms with van der Waals surface area (Å²) in [7, 11) is -0.901. The van der Waals surface area contributed by atoms with Crippen molar-refractivity contribution in [2.24, 2.45) is 0 Å². The minimum atomic E-state index is -0.901. The van der Waals surface area contributed by atoms with E-state index < -0.39 is 10.8 Å². The lowest BCUT2D eigenvalue weighted by Gasteiger charge is -2.09. The van der Waals surface area contributed by atoms with Crippen LogP contribution >= 0.6 is 0 Å². The first-order valence-corrected chi connectivity index (χ1v) is 5.32. The molecule has 62 valence electrons. The van der Waals surface area contributed by atoms with Crippen LogP contribution in [0.3, 0.4) is 0 Å². The van der Waals surface area contributed by atoms with Crippen molar-refractivity contribution >= 4 is 10.8 Å². The number of rotatable bonds is 2. The molecule has 0 saturated heterocycles. The summed E-state index contributed by atoms with van der Waals surface area (Å²) in [4.78, 5) is 0. The lowest BCUT2D eigenvalue weighted by molar-refractivity contribution is 0.666. The van der Waals surface area contributed by atoms with E-state index in [1.807, 2.05) is 6.07 Å². The van der Waals surface area contributed by atoms with Gasteiger partial charge in [-0.25, -0.2) is 0 Å². The molecular weight excluding hydrogens is 158 g/mol. The maximum Gasteiger partial charge on any atom is 0.119 e. The molecule has 0 heterocycles. The highest BCUT2D eigenvalue weighted by atomic mass is 32.2. The highest BCUT2D eigenvalue weighted by Gasteiger charge is 2.24. The molecule has 0 bridgehead atoms. The number of nitriles is 1. The number of nitrogens with zero attached hydrogens (tertiary/aromatic N) is 1. The van der Waals surface area contributed by atoms with Crippen LogP contribution in [-0.4, -0.2) is 14.7 Å². The zero-order chi connectivity index (χ0) is 8.27. The molecule has 2 nitrogen and oxygen atoms in total. The Kier molecular flexibility index (Phi) is 3.07. The zero-order valence-electron chi connectivity index (χ0n) is 6.75. The quantitative estimate of drug-likeness (QED) is 0.633. The van der Waals surface area contributed by atoms with Gasteiger partial charge < -0.3 is 0 Å². The van der Waals surface area contributed by atoms with E-state index in [4.69, 9.17) is 5.26 Å². The topological polar surface area (TPSA) is 40.9 Å². The largest absolute Gasteiger partial charge is 0.258 e. The van der Waals surface area contributed by atoms with Gasteiger partial charge in [0.2, 0.25) is 0 Å². The normalized spacial score (nSPS) is 24.4. The molecule has 2 unspecified atom stereocenters. The average molecular weight is 171 g/mol. The molecule has 0 aromatic carbocycles. The monoisotopic (exact) mass is 171 g/mol. The Morgan fingerprint density at radius 1 is 1.55 bits per heavy atom. The Labute approximate surface area is 70.1 Å². The predicted molar refractivity (Wildman–Crippen MR) is 45.5 cm³/mol. The zero-order valence-corrected chi connectivity index (χ0v) is 7.56. The second-order valence-corrected chi connectivity index (χ2v) is 5.04. The lowest BCUT2D eigenvalue weighted by atomic mass is 10.4. The van der Waals surface area contributed by atoms with Crippen molar-refractivity contribution in [3.63, 3.8) is 0 Å². The summed E-state index contributed by atoms with van der Waals surface area (Å²) >= 11 is 0. The highest BCUT2D eigenvalue weighted by molar-refractivity contribution is 7.86. The molecule has 2 atom stereocenters. The Morgan fingerprint density at radius 3 is 2.55 bits per heavy atom. The summed E-state index contributed by atoms with van der Waals surface area (Å²) in [5.74, 6) is 0. The summed E-state index contributed by atoms with van der Waals surface area (Å²) < 4.78 is 11.5. The molecule has 1 aliphatic carbocycles. The van der Waals surface area contributed by atoms with Crippen molar-refractivity contribution < 1.29 is 4.21 Å². The van der Waals surface area contributed by atoms with Gasteiger partial charge in [0.25, 0.3) is 0 Å². The smallest absolute Gasteiger partial charge is 0.119 e. The predicted octanol–water partition coefficient (Wildman–Crippen LogP) is 1.59. The molecule has 0 spiro atoms. The van der Waals surface area contributed by atoms with E-state index in [-0.39, 0.29) is 5.25 Å². The Bertz CT molecular complexity index is 191. The molecule has 1 rings (SSSR count). The minimum absolute atomic E-state index is 0.280. The van der Waals surface area contributed by atoms with Crippen LogP contribution < -0.4 is 0 Å². The molecular formula is C8H13NOS. The number of hydrogen-bond donors (Lipinski definition) is 0. The SMILES string of the molecule is CC(C#N)S(=O)C1CCCC1. The van der Waals surface area contributed by atoms with Crippen molar-refractivity contribution in [2.75, 3.05) is 0 Å².